The lowest BCUT2D eigenvalue weighted by atomic mass is 9.95. The Morgan fingerprint density at radius 2 is 2.29 bits per heavy atom. The van der Waals surface area contributed by atoms with Crippen LogP contribution in [-0.2, 0) is 4.79 Å². The zero-order chi connectivity index (χ0) is 10.6. The average Bonchev–Trinajstić information content (AvgIpc) is 2.14. The van der Waals surface area contributed by atoms with Crippen molar-refractivity contribution in [3.8, 4) is 0 Å². The van der Waals surface area contributed by atoms with Crippen LogP contribution in [0, 0.1) is 5.92 Å². The van der Waals surface area contributed by atoms with Crippen LogP contribution in [0.4, 0.5) is 0 Å². The Morgan fingerprint density at radius 1 is 1.57 bits per heavy atom. The van der Waals surface area contributed by atoms with Crippen molar-refractivity contribution in [3.05, 3.63) is 0 Å². The molecule has 14 heavy (non-hydrogen) atoms. The Hall–Kier alpha value is -0.650. The SMILES string of the molecule is CN1CC(NCCO)CC(C(=O)O)C1. The predicted molar refractivity (Wildman–Crippen MR) is 52.1 cm³/mol. The molecule has 0 aliphatic carbocycles. The van der Waals surface area contributed by atoms with E-state index in [1.54, 1.807) is 0 Å². The lowest BCUT2D eigenvalue weighted by Crippen LogP contribution is -2.50. The van der Waals surface area contributed by atoms with E-state index >= 15 is 0 Å². The molecule has 1 aliphatic rings. The van der Waals surface area contributed by atoms with Crippen LogP contribution < -0.4 is 5.32 Å². The van der Waals surface area contributed by atoms with E-state index in [4.69, 9.17) is 10.2 Å². The molecule has 5 heteroatoms. The summed E-state index contributed by atoms with van der Waals surface area (Å²) < 4.78 is 0. The van der Waals surface area contributed by atoms with Crippen molar-refractivity contribution in [1.29, 1.82) is 0 Å². The quantitative estimate of drug-likeness (QED) is 0.544. The Bertz CT molecular complexity index is 198. The van der Waals surface area contributed by atoms with E-state index in [0.717, 1.165) is 6.54 Å². The first-order chi connectivity index (χ1) is 6.63. The van der Waals surface area contributed by atoms with E-state index in [1.807, 2.05) is 11.9 Å². The highest BCUT2D eigenvalue weighted by Crippen LogP contribution is 2.15. The van der Waals surface area contributed by atoms with Crippen LogP contribution in [0.5, 0.6) is 0 Å². The summed E-state index contributed by atoms with van der Waals surface area (Å²) in [6.45, 7) is 2.10. The van der Waals surface area contributed by atoms with Gasteiger partial charge in [-0.25, -0.2) is 0 Å². The topological polar surface area (TPSA) is 72.8 Å². The first-order valence-corrected chi connectivity index (χ1v) is 4.89. The Kier molecular flexibility index (Phi) is 4.31. The van der Waals surface area contributed by atoms with Gasteiger partial charge in [0, 0.05) is 25.7 Å². The minimum atomic E-state index is -0.729. The van der Waals surface area contributed by atoms with Gasteiger partial charge in [0.25, 0.3) is 0 Å². The molecular formula is C9H18N2O3. The molecule has 2 unspecified atom stereocenters. The third-order valence-electron chi connectivity index (χ3n) is 2.53. The van der Waals surface area contributed by atoms with Gasteiger partial charge >= 0.3 is 5.97 Å². The first-order valence-electron chi connectivity index (χ1n) is 4.89. The van der Waals surface area contributed by atoms with Crippen LogP contribution in [-0.4, -0.2) is 60.4 Å². The minimum Gasteiger partial charge on any atom is -0.481 e. The summed E-state index contributed by atoms with van der Waals surface area (Å²) in [5.41, 5.74) is 0. The molecule has 1 aliphatic heterocycles. The molecule has 0 bridgehead atoms. The second-order valence-electron chi connectivity index (χ2n) is 3.87. The Labute approximate surface area is 83.7 Å². The number of nitrogens with one attached hydrogen (secondary N) is 1. The van der Waals surface area contributed by atoms with Crippen molar-refractivity contribution < 1.29 is 15.0 Å². The summed E-state index contributed by atoms with van der Waals surface area (Å²) in [7, 11) is 1.92. The molecule has 82 valence electrons. The first kappa shape index (κ1) is 11.4. The average molecular weight is 202 g/mol. The van der Waals surface area contributed by atoms with Gasteiger partial charge in [0.1, 0.15) is 0 Å². The minimum absolute atomic E-state index is 0.0952. The number of hydrogen-bond acceptors (Lipinski definition) is 4. The second-order valence-corrected chi connectivity index (χ2v) is 3.87. The summed E-state index contributed by atoms with van der Waals surface area (Å²) in [6.07, 6.45) is 0.652. The number of carboxylic acids is 1. The molecule has 1 rings (SSSR count). The number of piperidine rings is 1. The van der Waals surface area contributed by atoms with Gasteiger partial charge in [-0.1, -0.05) is 0 Å². The Morgan fingerprint density at radius 3 is 2.86 bits per heavy atom. The second kappa shape index (κ2) is 5.29. The number of aliphatic carboxylic acids is 1. The van der Waals surface area contributed by atoms with Gasteiger partial charge in [0.05, 0.1) is 12.5 Å². The molecule has 1 saturated heterocycles. The number of nitrogens with zero attached hydrogens (tertiary/aromatic N) is 1. The van der Waals surface area contributed by atoms with Crippen molar-refractivity contribution in [2.75, 3.05) is 33.3 Å². The molecule has 3 N–H and O–H groups in total. The van der Waals surface area contributed by atoms with E-state index in [0.29, 0.717) is 19.5 Å². The number of hydrogen-bond donors (Lipinski definition) is 3. The fraction of sp³-hybridized carbons (Fsp3) is 0.889. The van der Waals surface area contributed by atoms with Crippen molar-refractivity contribution in [2.45, 2.75) is 12.5 Å². The van der Waals surface area contributed by atoms with Gasteiger partial charge in [-0.15, -0.1) is 0 Å². The summed E-state index contributed by atoms with van der Waals surface area (Å²) >= 11 is 0. The van der Waals surface area contributed by atoms with E-state index in [1.165, 1.54) is 0 Å². The largest absolute Gasteiger partial charge is 0.481 e. The van der Waals surface area contributed by atoms with Crippen LogP contribution in [0.2, 0.25) is 0 Å². The molecule has 1 heterocycles. The molecule has 1 fully saturated rings. The predicted octanol–water partition coefficient (Wildman–Crippen LogP) is -1.03. The fourth-order valence-electron chi connectivity index (χ4n) is 1.91. The summed E-state index contributed by atoms with van der Waals surface area (Å²) in [6, 6.07) is 0.182. The maximum Gasteiger partial charge on any atom is 0.307 e. The highest BCUT2D eigenvalue weighted by atomic mass is 16.4. The van der Waals surface area contributed by atoms with Gasteiger partial charge in [0.2, 0.25) is 0 Å². The van der Waals surface area contributed by atoms with Crippen molar-refractivity contribution in [3.63, 3.8) is 0 Å². The number of likely N-dealkylation sites (tertiary alicyclic amines) is 1. The molecule has 0 saturated carbocycles. The smallest absolute Gasteiger partial charge is 0.307 e. The maximum absolute atomic E-state index is 10.8. The molecule has 0 aromatic carbocycles. The summed E-state index contributed by atoms with van der Waals surface area (Å²) in [4.78, 5) is 12.8. The number of likely N-dealkylation sites (N-methyl/N-ethyl adjacent to an activating group) is 1. The molecule has 0 amide bonds. The van der Waals surface area contributed by atoms with Crippen molar-refractivity contribution >= 4 is 5.97 Å². The highest BCUT2D eigenvalue weighted by Gasteiger charge is 2.29. The molecule has 2 atom stereocenters. The van der Waals surface area contributed by atoms with Gasteiger partial charge in [0.15, 0.2) is 0 Å². The van der Waals surface area contributed by atoms with Crippen LogP contribution in [0.3, 0.4) is 0 Å². The molecule has 0 spiro atoms. The van der Waals surface area contributed by atoms with Gasteiger partial charge < -0.3 is 20.4 Å². The molecule has 5 nitrogen and oxygen atoms in total. The van der Waals surface area contributed by atoms with Crippen LogP contribution >= 0.6 is 0 Å². The molecular weight excluding hydrogens is 184 g/mol. The van der Waals surface area contributed by atoms with E-state index < -0.39 is 5.97 Å². The lowest BCUT2D eigenvalue weighted by molar-refractivity contribution is -0.143. The third-order valence-corrected chi connectivity index (χ3v) is 2.53. The maximum atomic E-state index is 10.8. The number of carboxylic acid groups (broad SMARTS) is 1. The van der Waals surface area contributed by atoms with E-state index in [2.05, 4.69) is 5.32 Å². The zero-order valence-corrected chi connectivity index (χ0v) is 8.44. The number of aliphatic hydroxyl groups excluding tert-OH is 1. The Balaban J connectivity index is 2.41. The normalized spacial score (nSPS) is 29.0. The fourth-order valence-corrected chi connectivity index (χ4v) is 1.91. The number of aliphatic hydroxyl groups is 1. The van der Waals surface area contributed by atoms with Crippen LogP contribution in [0.15, 0.2) is 0 Å². The monoisotopic (exact) mass is 202 g/mol. The number of carbonyl (C=O) groups is 1. The summed E-state index contributed by atoms with van der Waals surface area (Å²) in [5.74, 6) is -1.02. The molecule has 0 aromatic rings. The summed E-state index contributed by atoms with van der Waals surface area (Å²) in [5, 5.41) is 20.7. The molecule has 0 radical (unpaired) electrons. The third kappa shape index (κ3) is 3.25. The molecule has 0 aromatic heterocycles. The highest BCUT2D eigenvalue weighted by molar-refractivity contribution is 5.70. The van der Waals surface area contributed by atoms with Crippen LogP contribution in [0.1, 0.15) is 6.42 Å². The van der Waals surface area contributed by atoms with E-state index in [-0.39, 0.29) is 18.6 Å². The number of rotatable bonds is 4. The van der Waals surface area contributed by atoms with Crippen molar-refractivity contribution in [1.82, 2.24) is 10.2 Å². The van der Waals surface area contributed by atoms with E-state index in [9.17, 15) is 4.79 Å². The van der Waals surface area contributed by atoms with Gasteiger partial charge in [-0.3, -0.25) is 4.79 Å². The van der Waals surface area contributed by atoms with Crippen molar-refractivity contribution in [2.24, 2.45) is 5.92 Å². The van der Waals surface area contributed by atoms with Gasteiger partial charge in [-0.2, -0.15) is 0 Å². The standard InChI is InChI=1S/C9H18N2O3/c1-11-5-7(9(13)14)4-8(6-11)10-2-3-12/h7-8,10,12H,2-6H2,1H3,(H,13,14). The lowest BCUT2D eigenvalue weighted by Gasteiger charge is -2.34. The van der Waals surface area contributed by atoms with Crippen LogP contribution in [0.25, 0.3) is 0 Å². The van der Waals surface area contributed by atoms with Gasteiger partial charge in [-0.05, 0) is 13.5 Å². The zero-order valence-electron chi connectivity index (χ0n) is 8.44.